The normalized spacial score (nSPS) is 12.4. The molecule has 0 aliphatic rings. The highest BCUT2D eigenvalue weighted by Crippen LogP contribution is 2.11. The van der Waals surface area contributed by atoms with E-state index in [-0.39, 0.29) is 5.90 Å². The molecule has 5 nitrogen and oxygen atoms in total. The number of ether oxygens (including phenoxy) is 2. The van der Waals surface area contributed by atoms with E-state index in [9.17, 15) is 4.79 Å². The van der Waals surface area contributed by atoms with Gasteiger partial charge in [-0.2, -0.15) is 5.26 Å². The predicted octanol–water partition coefficient (Wildman–Crippen LogP) is 1.80. The molecule has 0 saturated carbocycles. The van der Waals surface area contributed by atoms with Crippen molar-refractivity contribution in [1.29, 1.82) is 5.26 Å². The molecule has 0 heterocycles. The highest BCUT2D eigenvalue weighted by atomic mass is 35.5. The van der Waals surface area contributed by atoms with Crippen LogP contribution in [0.3, 0.4) is 0 Å². The molecule has 94 valence electrons. The van der Waals surface area contributed by atoms with Gasteiger partial charge in [0.25, 0.3) is 0 Å². The zero-order valence-electron chi connectivity index (χ0n) is 9.88. The number of hydrogen-bond acceptors (Lipinski definition) is 5. The number of hydrogen-bond donors (Lipinski definition) is 0. The number of carbonyl (C=O) groups excluding carboxylic acids is 1. The second-order valence-electron chi connectivity index (χ2n) is 3.20. The SMILES string of the molecule is COC(=O)C(C#N)N=C(OC)c1ccc(Cl)cc1. The number of carbonyl (C=O) groups is 1. The maximum atomic E-state index is 11.3. The Morgan fingerprint density at radius 3 is 2.39 bits per heavy atom. The van der Waals surface area contributed by atoms with Crippen LogP contribution in [0.1, 0.15) is 5.56 Å². The zero-order chi connectivity index (χ0) is 13.5. The average Bonchev–Trinajstić information content (AvgIpc) is 2.41. The van der Waals surface area contributed by atoms with Crippen LogP contribution in [-0.4, -0.2) is 32.1 Å². The van der Waals surface area contributed by atoms with Gasteiger partial charge in [0.1, 0.15) is 6.07 Å². The topological polar surface area (TPSA) is 71.7 Å². The van der Waals surface area contributed by atoms with Crippen molar-refractivity contribution in [1.82, 2.24) is 0 Å². The summed E-state index contributed by atoms with van der Waals surface area (Å²) in [6.07, 6.45) is 0. The van der Waals surface area contributed by atoms with Gasteiger partial charge in [0, 0.05) is 10.6 Å². The molecule has 1 aromatic carbocycles. The van der Waals surface area contributed by atoms with Crippen LogP contribution in [0.4, 0.5) is 0 Å². The molecule has 0 aliphatic heterocycles. The van der Waals surface area contributed by atoms with Gasteiger partial charge in [-0.15, -0.1) is 0 Å². The average molecular weight is 267 g/mol. The maximum Gasteiger partial charge on any atom is 0.345 e. The predicted molar refractivity (Wildman–Crippen MR) is 66.4 cm³/mol. The first kappa shape index (κ1) is 14.0. The van der Waals surface area contributed by atoms with Gasteiger partial charge in [-0.05, 0) is 24.3 Å². The van der Waals surface area contributed by atoms with Gasteiger partial charge in [0.15, 0.2) is 0 Å². The second kappa shape index (κ2) is 6.62. The number of aliphatic imine (C=N–C) groups is 1. The zero-order valence-corrected chi connectivity index (χ0v) is 10.6. The molecule has 0 fully saturated rings. The molecule has 0 amide bonds. The largest absolute Gasteiger partial charge is 0.481 e. The monoisotopic (exact) mass is 266 g/mol. The van der Waals surface area contributed by atoms with Crippen LogP contribution in [0.5, 0.6) is 0 Å². The van der Waals surface area contributed by atoms with Crippen molar-refractivity contribution < 1.29 is 14.3 Å². The van der Waals surface area contributed by atoms with Crippen molar-refractivity contribution in [3.63, 3.8) is 0 Å². The summed E-state index contributed by atoms with van der Waals surface area (Å²) >= 11 is 5.76. The molecule has 6 heteroatoms. The summed E-state index contributed by atoms with van der Waals surface area (Å²) < 4.78 is 9.51. The standard InChI is InChI=1S/C12H11ClN2O3/c1-17-11(8-3-5-9(13)6-4-8)15-10(7-14)12(16)18-2/h3-6,10H,1-2H3. The third-order valence-corrected chi connectivity index (χ3v) is 2.33. The van der Waals surface area contributed by atoms with Crippen LogP contribution in [0.15, 0.2) is 29.3 Å². The lowest BCUT2D eigenvalue weighted by Gasteiger charge is -2.07. The van der Waals surface area contributed by atoms with E-state index in [1.165, 1.54) is 14.2 Å². The van der Waals surface area contributed by atoms with Gasteiger partial charge in [-0.25, -0.2) is 9.79 Å². The Kier molecular flexibility index (Phi) is 5.15. The minimum atomic E-state index is -1.25. The Hall–Kier alpha value is -2.06. The van der Waals surface area contributed by atoms with E-state index < -0.39 is 12.0 Å². The molecule has 0 N–H and O–H groups in total. The van der Waals surface area contributed by atoms with Crippen molar-refractivity contribution in [3.05, 3.63) is 34.9 Å². The number of rotatable bonds is 3. The molecule has 1 rings (SSSR count). The molecule has 18 heavy (non-hydrogen) atoms. The molecule has 1 atom stereocenters. The minimum absolute atomic E-state index is 0.170. The molecule has 0 aliphatic carbocycles. The van der Waals surface area contributed by atoms with Gasteiger partial charge in [-0.3, -0.25) is 0 Å². The smallest absolute Gasteiger partial charge is 0.345 e. The van der Waals surface area contributed by atoms with Crippen molar-refractivity contribution in [2.45, 2.75) is 6.04 Å². The summed E-state index contributed by atoms with van der Waals surface area (Å²) in [4.78, 5) is 15.2. The molecule has 1 aromatic rings. The van der Waals surface area contributed by atoms with Crippen LogP contribution >= 0.6 is 11.6 Å². The van der Waals surface area contributed by atoms with Crippen LogP contribution in [-0.2, 0) is 14.3 Å². The molecule has 0 radical (unpaired) electrons. The Labute approximate surface area is 110 Å². The molecule has 1 unspecified atom stereocenters. The van der Waals surface area contributed by atoms with Crippen molar-refractivity contribution in [2.75, 3.05) is 14.2 Å². The van der Waals surface area contributed by atoms with Gasteiger partial charge in [-0.1, -0.05) is 11.6 Å². The third-order valence-electron chi connectivity index (χ3n) is 2.08. The summed E-state index contributed by atoms with van der Waals surface area (Å²) in [5.74, 6) is -0.565. The van der Waals surface area contributed by atoms with E-state index in [2.05, 4.69) is 9.73 Å². The fraction of sp³-hybridized carbons (Fsp3) is 0.250. The summed E-state index contributed by atoms with van der Waals surface area (Å²) in [7, 11) is 2.59. The van der Waals surface area contributed by atoms with E-state index in [0.717, 1.165) is 0 Å². The van der Waals surface area contributed by atoms with Crippen LogP contribution in [0, 0.1) is 11.3 Å². The lowest BCUT2D eigenvalue weighted by Crippen LogP contribution is -2.21. The lowest BCUT2D eigenvalue weighted by molar-refractivity contribution is -0.140. The van der Waals surface area contributed by atoms with Crippen LogP contribution in [0.2, 0.25) is 5.02 Å². The van der Waals surface area contributed by atoms with E-state index in [1.54, 1.807) is 30.3 Å². The third kappa shape index (κ3) is 3.47. The van der Waals surface area contributed by atoms with Crippen molar-refractivity contribution >= 4 is 23.5 Å². The first-order valence-corrected chi connectivity index (χ1v) is 5.35. The first-order chi connectivity index (χ1) is 8.62. The van der Waals surface area contributed by atoms with Crippen molar-refractivity contribution in [2.24, 2.45) is 4.99 Å². The Bertz CT molecular complexity index is 491. The summed E-state index contributed by atoms with van der Waals surface area (Å²) in [5, 5.41) is 9.40. The molecule has 0 saturated heterocycles. The van der Waals surface area contributed by atoms with Gasteiger partial charge in [0.2, 0.25) is 11.9 Å². The number of halogens is 1. The maximum absolute atomic E-state index is 11.3. The van der Waals surface area contributed by atoms with E-state index in [1.807, 2.05) is 0 Å². The number of nitrogens with zero attached hydrogens (tertiary/aromatic N) is 2. The second-order valence-corrected chi connectivity index (χ2v) is 3.64. The van der Waals surface area contributed by atoms with E-state index in [0.29, 0.717) is 10.6 Å². The molecule has 0 aromatic heterocycles. The molecular formula is C12H11ClN2O3. The Balaban J connectivity index is 3.05. The lowest BCUT2D eigenvalue weighted by atomic mass is 10.2. The molecular weight excluding hydrogens is 256 g/mol. The number of methoxy groups -OCH3 is 2. The van der Waals surface area contributed by atoms with E-state index in [4.69, 9.17) is 21.6 Å². The summed E-state index contributed by atoms with van der Waals surface area (Å²) in [5.41, 5.74) is 0.617. The van der Waals surface area contributed by atoms with Gasteiger partial charge >= 0.3 is 5.97 Å². The van der Waals surface area contributed by atoms with Gasteiger partial charge < -0.3 is 9.47 Å². The van der Waals surface area contributed by atoms with Crippen LogP contribution in [0.25, 0.3) is 0 Å². The Morgan fingerprint density at radius 2 is 1.94 bits per heavy atom. The molecule has 0 spiro atoms. The highest BCUT2D eigenvalue weighted by Gasteiger charge is 2.19. The van der Waals surface area contributed by atoms with Crippen LogP contribution < -0.4 is 0 Å². The highest BCUT2D eigenvalue weighted by molar-refractivity contribution is 6.30. The summed E-state index contributed by atoms with van der Waals surface area (Å²) in [6, 6.07) is 7.15. The van der Waals surface area contributed by atoms with E-state index >= 15 is 0 Å². The molecule has 0 bridgehead atoms. The Morgan fingerprint density at radius 1 is 1.33 bits per heavy atom. The number of esters is 1. The van der Waals surface area contributed by atoms with Gasteiger partial charge in [0.05, 0.1) is 14.2 Å². The minimum Gasteiger partial charge on any atom is -0.481 e. The quantitative estimate of drug-likeness (QED) is 0.475. The number of nitriles is 1. The fourth-order valence-electron chi connectivity index (χ4n) is 1.20. The van der Waals surface area contributed by atoms with Crippen molar-refractivity contribution in [3.8, 4) is 6.07 Å². The summed E-state index contributed by atoms with van der Waals surface area (Å²) in [6.45, 7) is 0. The first-order valence-electron chi connectivity index (χ1n) is 4.97. The number of benzene rings is 1. The fourth-order valence-corrected chi connectivity index (χ4v) is 1.33.